The van der Waals surface area contributed by atoms with Gasteiger partial charge in [-0.15, -0.1) is 0 Å². The zero-order valence-electron chi connectivity index (χ0n) is 16.6. The summed E-state index contributed by atoms with van der Waals surface area (Å²) < 4.78 is 8.07. The Labute approximate surface area is 188 Å². The van der Waals surface area contributed by atoms with E-state index in [9.17, 15) is 4.79 Å². The Morgan fingerprint density at radius 3 is 2.65 bits per heavy atom. The number of carbonyl (C=O) groups excluding carboxylic acids is 1. The molecule has 0 bridgehead atoms. The van der Waals surface area contributed by atoms with Gasteiger partial charge in [0.25, 0.3) is 0 Å². The predicted molar refractivity (Wildman–Crippen MR) is 120 cm³/mol. The van der Waals surface area contributed by atoms with Crippen molar-refractivity contribution >= 4 is 40.8 Å². The number of fused-ring (bicyclic) bond motifs is 1. The zero-order valence-corrected chi connectivity index (χ0v) is 18.2. The molecule has 5 rings (SSSR count). The van der Waals surface area contributed by atoms with Gasteiger partial charge in [0.1, 0.15) is 12.1 Å². The highest BCUT2D eigenvalue weighted by atomic mass is 35.5. The highest BCUT2D eigenvalue weighted by molar-refractivity contribution is 7.71. The van der Waals surface area contributed by atoms with Crippen LogP contribution in [-0.4, -0.2) is 43.6 Å². The van der Waals surface area contributed by atoms with E-state index in [2.05, 4.69) is 15.2 Å². The van der Waals surface area contributed by atoms with Crippen molar-refractivity contribution in [3.63, 3.8) is 0 Å². The number of oxazole rings is 1. The average molecular weight is 454 g/mol. The summed E-state index contributed by atoms with van der Waals surface area (Å²) in [4.78, 5) is 19.5. The largest absolute Gasteiger partial charge is 0.440 e. The number of nitrogens with zero attached hydrogens (tertiary/aromatic N) is 4. The number of halogens is 1. The number of carbonyl (C=O) groups is 1. The number of piperidine rings is 1. The SMILES string of the molecule is O=C(Cn1c(-c2ccc(Cl)cc2)n[nH]c1=S)N1CCC(c2nc3ccccc3o2)CC1. The minimum absolute atomic E-state index is 0.0173. The first-order chi connectivity index (χ1) is 15.1. The molecule has 3 heterocycles. The van der Waals surface area contributed by atoms with Gasteiger partial charge in [-0.3, -0.25) is 14.5 Å². The molecule has 0 spiro atoms. The molecule has 1 aliphatic rings. The summed E-state index contributed by atoms with van der Waals surface area (Å²) in [6, 6.07) is 15.1. The van der Waals surface area contributed by atoms with Gasteiger partial charge in [-0.1, -0.05) is 23.7 Å². The number of hydrogen-bond donors (Lipinski definition) is 1. The number of likely N-dealkylation sites (tertiary alicyclic amines) is 1. The third-order valence-electron chi connectivity index (χ3n) is 5.66. The lowest BCUT2D eigenvalue weighted by Crippen LogP contribution is -2.39. The first-order valence-electron chi connectivity index (χ1n) is 10.1. The molecule has 0 aliphatic carbocycles. The Hall–Kier alpha value is -2.97. The Balaban J connectivity index is 1.27. The summed E-state index contributed by atoms with van der Waals surface area (Å²) in [5.74, 6) is 1.62. The molecule has 158 valence electrons. The second-order valence-electron chi connectivity index (χ2n) is 7.62. The quantitative estimate of drug-likeness (QED) is 0.448. The molecule has 2 aromatic carbocycles. The fourth-order valence-electron chi connectivity index (χ4n) is 3.96. The first kappa shape index (κ1) is 20.0. The van der Waals surface area contributed by atoms with Gasteiger partial charge in [-0.05, 0) is 61.5 Å². The van der Waals surface area contributed by atoms with Crippen molar-refractivity contribution in [2.24, 2.45) is 0 Å². The number of hydrogen-bond acceptors (Lipinski definition) is 5. The Morgan fingerprint density at radius 2 is 1.90 bits per heavy atom. The lowest BCUT2D eigenvalue weighted by Gasteiger charge is -2.30. The molecule has 1 saturated heterocycles. The number of para-hydroxylation sites is 2. The third kappa shape index (κ3) is 4.00. The lowest BCUT2D eigenvalue weighted by molar-refractivity contribution is -0.132. The molecule has 0 unspecified atom stereocenters. The number of amides is 1. The molecule has 0 saturated carbocycles. The average Bonchev–Trinajstić information content (AvgIpc) is 3.38. The van der Waals surface area contributed by atoms with Crippen LogP contribution in [-0.2, 0) is 11.3 Å². The van der Waals surface area contributed by atoms with E-state index in [-0.39, 0.29) is 18.4 Å². The topological polar surface area (TPSA) is 80.0 Å². The summed E-state index contributed by atoms with van der Waals surface area (Å²) in [7, 11) is 0. The first-order valence-corrected chi connectivity index (χ1v) is 10.9. The van der Waals surface area contributed by atoms with Crippen LogP contribution in [0, 0.1) is 4.77 Å². The van der Waals surface area contributed by atoms with Crippen molar-refractivity contribution in [2.45, 2.75) is 25.3 Å². The smallest absolute Gasteiger partial charge is 0.242 e. The molecular formula is C22H20ClN5O2S. The van der Waals surface area contributed by atoms with Crippen LogP contribution in [0.1, 0.15) is 24.7 Å². The van der Waals surface area contributed by atoms with Gasteiger partial charge in [0.15, 0.2) is 22.1 Å². The van der Waals surface area contributed by atoms with E-state index in [1.807, 2.05) is 41.3 Å². The van der Waals surface area contributed by atoms with Crippen LogP contribution in [0.25, 0.3) is 22.5 Å². The van der Waals surface area contributed by atoms with Crippen molar-refractivity contribution in [3.8, 4) is 11.4 Å². The molecule has 1 aliphatic heterocycles. The van der Waals surface area contributed by atoms with Gasteiger partial charge >= 0.3 is 0 Å². The fourth-order valence-corrected chi connectivity index (χ4v) is 4.28. The molecule has 4 aromatic rings. The molecule has 9 heteroatoms. The van der Waals surface area contributed by atoms with E-state index in [0.29, 0.717) is 28.7 Å². The fraction of sp³-hybridized carbons (Fsp3) is 0.273. The van der Waals surface area contributed by atoms with Crippen LogP contribution in [0.2, 0.25) is 5.02 Å². The highest BCUT2D eigenvalue weighted by Crippen LogP contribution is 2.30. The Kier molecular flexibility index (Phi) is 5.33. The van der Waals surface area contributed by atoms with E-state index in [1.165, 1.54) is 0 Å². The maximum absolute atomic E-state index is 13.0. The molecule has 1 amide bonds. The summed E-state index contributed by atoms with van der Waals surface area (Å²) in [6.07, 6.45) is 1.64. The number of H-pyrrole nitrogens is 1. The monoisotopic (exact) mass is 453 g/mol. The van der Waals surface area contributed by atoms with Crippen LogP contribution in [0.5, 0.6) is 0 Å². The van der Waals surface area contributed by atoms with E-state index in [0.717, 1.165) is 35.4 Å². The molecule has 31 heavy (non-hydrogen) atoms. The Bertz CT molecular complexity index is 1250. The second kappa shape index (κ2) is 8.28. The van der Waals surface area contributed by atoms with Crippen LogP contribution in [0.15, 0.2) is 52.9 Å². The van der Waals surface area contributed by atoms with Gasteiger partial charge in [0.2, 0.25) is 5.91 Å². The molecule has 1 fully saturated rings. The van der Waals surface area contributed by atoms with Crippen molar-refractivity contribution in [1.82, 2.24) is 24.6 Å². The van der Waals surface area contributed by atoms with Crippen molar-refractivity contribution in [3.05, 3.63) is 64.2 Å². The molecule has 0 atom stereocenters. The van der Waals surface area contributed by atoms with E-state index >= 15 is 0 Å². The van der Waals surface area contributed by atoms with Gasteiger partial charge in [0.05, 0.1) is 0 Å². The standard InChI is InChI=1S/C22H20ClN5O2S/c23-16-7-5-14(6-8-16)20-25-26-22(31)28(20)13-19(29)27-11-9-15(10-12-27)21-24-17-3-1-2-4-18(17)30-21/h1-8,15H,9-13H2,(H,26,31). The minimum atomic E-state index is 0.0173. The zero-order chi connectivity index (χ0) is 21.4. The molecule has 0 radical (unpaired) electrons. The van der Waals surface area contributed by atoms with Gasteiger partial charge in [-0.25, -0.2) is 4.98 Å². The number of rotatable bonds is 4. The number of aromatic amines is 1. The summed E-state index contributed by atoms with van der Waals surface area (Å²) in [6.45, 7) is 1.45. The molecule has 1 N–H and O–H groups in total. The minimum Gasteiger partial charge on any atom is -0.440 e. The second-order valence-corrected chi connectivity index (χ2v) is 8.44. The summed E-state index contributed by atoms with van der Waals surface area (Å²) >= 11 is 11.3. The normalized spacial score (nSPS) is 14.9. The van der Waals surface area contributed by atoms with Crippen molar-refractivity contribution in [1.29, 1.82) is 0 Å². The van der Waals surface area contributed by atoms with Gasteiger partial charge < -0.3 is 9.32 Å². The maximum atomic E-state index is 13.0. The Morgan fingerprint density at radius 1 is 1.16 bits per heavy atom. The summed E-state index contributed by atoms with van der Waals surface area (Å²) in [5, 5.41) is 7.73. The van der Waals surface area contributed by atoms with Crippen molar-refractivity contribution in [2.75, 3.05) is 13.1 Å². The number of nitrogens with one attached hydrogen (secondary N) is 1. The van der Waals surface area contributed by atoms with E-state index < -0.39 is 0 Å². The van der Waals surface area contributed by atoms with Crippen LogP contribution >= 0.6 is 23.8 Å². The van der Waals surface area contributed by atoms with Crippen LogP contribution in [0.4, 0.5) is 0 Å². The molecular weight excluding hydrogens is 434 g/mol. The summed E-state index contributed by atoms with van der Waals surface area (Å²) in [5.41, 5.74) is 2.53. The maximum Gasteiger partial charge on any atom is 0.242 e. The van der Waals surface area contributed by atoms with E-state index in [1.54, 1.807) is 16.7 Å². The molecule has 7 nitrogen and oxygen atoms in total. The molecule has 2 aromatic heterocycles. The number of aromatic nitrogens is 4. The lowest BCUT2D eigenvalue weighted by atomic mass is 9.97. The number of benzene rings is 2. The van der Waals surface area contributed by atoms with E-state index in [4.69, 9.17) is 28.2 Å². The van der Waals surface area contributed by atoms with Crippen LogP contribution < -0.4 is 0 Å². The van der Waals surface area contributed by atoms with Crippen molar-refractivity contribution < 1.29 is 9.21 Å². The third-order valence-corrected chi connectivity index (χ3v) is 6.23. The predicted octanol–water partition coefficient (Wildman–Crippen LogP) is 4.81. The van der Waals surface area contributed by atoms with Crippen LogP contribution in [0.3, 0.4) is 0 Å². The van der Waals surface area contributed by atoms with Gasteiger partial charge in [-0.2, -0.15) is 5.10 Å². The highest BCUT2D eigenvalue weighted by Gasteiger charge is 2.27. The van der Waals surface area contributed by atoms with Gasteiger partial charge in [0, 0.05) is 29.6 Å².